The second-order valence-corrected chi connectivity index (χ2v) is 16.6. The van der Waals surface area contributed by atoms with E-state index >= 15 is 0 Å². The van der Waals surface area contributed by atoms with Crippen molar-refractivity contribution >= 4 is 19.8 Å². The summed E-state index contributed by atoms with van der Waals surface area (Å²) >= 11 is 0. The number of phosphoric ester groups is 1. The van der Waals surface area contributed by atoms with Crippen LogP contribution in [0.4, 0.5) is 0 Å². The molecule has 1 aliphatic rings. The van der Waals surface area contributed by atoms with Gasteiger partial charge in [-0.15, -0.1) is 0 Å². The molecule has 0 heterocycles. The second kappa shape index (κ2) is 31.9. The number of carbonyl (C=O) groups excluding carboxylic acids is 2. The lowest BCUT2D eigenvalue weighted by atomic mass is 9.85. The van der Waals surface area contributed by atoms with Gasteiger partial charge in [0.2, 0.25) is 0 Å². The van der Waals surface area contributed by atoms with Crippen molar-refractivity contribution in [3.05, 3.63) is 0 Å². The number of hydrogen-bond acceptors (Lipinski definition) is 12. The zero-order valence-corrected chi connectivity index (χ0v) is 34.4. The molecular weight excluding hydrogens is 719 g/mol. The molecule has 54 heavy (non-hydrogen) atoms. The molecule has 0 aromatic carbocycles. The average molecular weight is 797 g/mol. The van der Waals surface area contributed by atoms with Gasteiger partial charge in [-0.05, 0) is 12.8 Å². The first-order valence-electron chi connectivity index (χ1n) is 21.3. The Bertz CT molecular complexity index is 969. The van der Waals surface area contributed by atoms with Crippen molar-refractivity contribution in [3.63, 3.8) is 0 Å². The highest BCUT2D eigenvalue weighted by molar-refractivity contribution is 7.47. The average Bonchev–Trinajstić information content (AvgIpc) is 3.15. The Balaban J connectivity index is 2.44. The van der Waals surface area contributed by atoms with E-state index in [1.54, 1.807) is 0 Å². The van der Waals surface area contributed by atoms with Crippen molar-refractivity contribution in [2.75, 3.05) is 13.2 Å². The van der Waals surface area contributed by atoms with Gasteiger partial charge in [-0.1, -0.05) is 162 Å². The molecule has 1 saturated carbocycles. The Hall–Kier alpha value is -1.15. The predicted molar refractivity (Wildman–Crippen MR) is 208 cm³/mol. The van der Waals surface area contributed by atoms with Crippen LogP contribution < -0.4 is 0 Å². The molecular formula is C40H77O13P. The molecule has 0 radical (unpaired) electrons. The van der Waals surface area contributed by atoms with E-state index in [0.29, 0.717) is 12.8 Å². The molecule has 320 valence electrons. The van der Waals surface area contributed by atoms with E-state index in [0.717, 1.165) is 44.9 Å². The van der Waals surface area contributed by atoms with Crippen LogP contribution in [0.2, 0.25) is 0 Å². The molecule has 0 amide bonds. The van der Waals surface area contributed by atoms with Crippen molar-refractivity contribution in [1.82, 2.24) is 0 Å². The maximum absolute atomic E-state index is 12.7. The van der Waals surface area contributed by atoms with Crippen LogP contribution in [-0.2, 0) is 32.7 Å². The first kappa shape index (κ1) is 50.9. The lowest BCUT2D eigenvalue weighted by Crippen LogP contribution is -2.64. The Morgan fingerprint density at radius 3 is 1.22 bits per heavy atom. The molecule has 6 N–H and O–H groups in total. The van der Waals surface area contributed by atoms with Crippen molar-refractivity contribution < 1.29 is 63.1 Å². The van der Waals surface area contributed by atoms with E-state index in [-0.39, 0.29) is 12.8 Å². The minimum absolute atomic E-state index is 0.103. The van der Waals surface area contributed by atoms with E-state index in [1.165, 1.54) is 103 Å². The van der Waals surface area contributed by atoms with Crippen molar-refractivity contribution in [1.29, 1.82) is 0 Å². The molecule has 6 unspecified atom stereocenters. The Labute approximate surface area is 325 Å². The molecule has 0 aliphatic heterocycles. The quantitative estimate of drug-likeness (QED) is 0.0211. The molecule has 14 heteroatoms. The summed E-state index contributed by atoms with van der Waals surface area (Å²) in [6.45, 7) is 3.27. The van der Waals surface area contributed by atoms with Crippen LogP contribution in [0, 0.1) is 0 Å². The fraction of sp³-hybridized carbons (Fsp3) is 0.950. The summed E-state index contributed by atoms with van der Waals surface area (Å²) in [6.07, 6.45) is 16.1. The van der Waals surface area contributed by atoms with Gasteiger partial charge in [0, 0.05) is 12.8 Å². The Morgan fingerprint density at radius 1 is 0.500 bits per heavy atom. The highest BCUT2D eigenvalue weighted by Gasteiger charge is 2.51. The van der Waals surface area contributed by atoms with Gasteiger partial charge in [-0.25, -0.2) is 4.57 Å². The summed E-state index contributed by atoms with van der Waals surface area (Å²) < 4.78 is 33.4. The van der Waals surface area contributed by atoms with Gasteiger partial charge in [0.05, 0.1) is 6.61 Å². The largest absolute Gasteiger partial charge is 0.472 e. The van der Waals surface area contributed by atoms with Gasteiger partial charge in [-0.2, -0.15) is 0 Å². The predicted octanol–water partition coefficient (Wildman–Crippen LogP) is 7.33. The van der Waals surface area contributed by atoms with Crippen molar-refractivity contribution in [2.45, 2.75) is 230 Å². The zero-order valence-electron chi connectivity index (χ0n) is 33.5. The monoisotopic (exact) mass is 797 g/mol. The van der Waals surface area contributed by atoms with Gasteiger partial charge in [0.25, 0.3) is 0 Å². The van der Waals surface area contributed by atoms with Gasteiger partial charge in [0.15, 0.2) is 6.10 Å². The number of esters is 2. The minimum Gasteiger partial charge on any atom is -0.462 e. The van der Waals surface area contributed by atoms with E-state index in [1.807, 2.05) is 0 Å². The molecule has 1 aliphatic carbocycles. The highest BCUT2D eigenvalue weighted by Crippen LogP contribution is 2.47. The maximum Gasteiger partial charge on any atom is 0.472 e. The fourth-order valence-corrected chi connectivity index (χ4v) is 7.67. The third-order valence-electron chi connectivity index (χ3n) is 10.2. The fourth-order valence-electron chi connectivity index (χ4n) is 6.70. The van der Waals surface area contributed by atoms with Gasteiger partial charge >= 0.3 is 19.8 Å². The molecule has 0 bridgehead atoms. The summed E-state index contributed by atoms with van der Waals surface area (Å²) in [4.78, 5) is 35.5. The second-order valence-electron chi connectivity index (χ2n) is 15.2. The number of rotatable bonds is 35. The van der Waals surface area contributed by atoms with Crippen LogP contribution in [0.5, 0.6) is 0 Å². The Kier molecular flexibility index (Phi) is 30.0. The standard InChI is InChI=1S/C40H77O13P/c1-3-5-7-9-11-13-14-15-16-17-18-19-21-22-24-26-28-33(41)50-30-32(52-34(42)29-27-25-23-20-12-10-8-6-4-2)31-51-54(48,49)53-40-38(46)36(44)35(43)37(45)39(40)47/h32,35-40,43-47H,3-31H2,1-2H3,(H,48,49)/t32-,35?,36-,37?,38?,39?,40?/m1/s1. The lowest BCUT2D eigenvalue weighted by molar-refractivity contribution is -0.220. The van der Waals surface area contributed by atoms with E-state index in [4.69, 9.17) is 18.5 Å². The highest BCUT2D eigenvalue weighted by atomic mass is 31.2. The first-order valence-corrected chi connectivity index (χ1v) is 22.8. The molecule has 1 rings (SSSR count). The van der Waals surface area contributed by atoms with Crippen LogP contribution in [-0.4, -0.2) is 98.3 Å². The van der Waals surface area contributed by atoms with E-state index < -0.39 is 75.7 Å². The van der Waals surface area contributed by atoms with Crippen LogP contribution in [0.1, 0.15) is 187 Å². The van der Waals surface area contributed by atoms with Crippen molar-refractivity contribution in [2.24, 2.45) is 0 Å². The normalized spacial score (nSPS) is 23.2. The Morgan fingerprint density at radius 2 is 0.833 bits per heavy atom. The number of phosphoric acid groups is 1. The van der Waals surface area contributed by atoms with Crippen LogP contribution in [0.15, 0.2) is 0 Å². The number of hydrogen-bond donors (Lipinski definition) is 6. The summed E-state index contributed by atoms with van der Waals surface area (Å²) in [5, 5.41) is 49.9. The summed E-state index contributed by atoms with van der Waals surface area (Å²) in [5.41, 5.74) is 0. The molecule has 0 aromatic rings. The van der Waals surface area contributed by atoms with E-state index in [9.17, 15) is 44.6 Å². The zero-order chi connectivity index (χ0) is 40.0. The number of unbranched alkanes of at least 4 members (excludes halogenated alkanes) is 23. The van der Waals surface area contributed by atoms with E-state index in [2.05, 4.69) is 13.8 Å². The molecule has 1 fully saturated rings. The lowest BCUT2D eigenvalue weighted by Gasteiger charge is -2.41. The summed E-state index contributed by atoms with van der Waals surface area (Å²) in [7, 11) is -5.10. The molecule has 8 atom stereocenters. The van der Waals surface area contributed by atoms with Gasteiger partial charge in [0.1, 0.15) is 43.2 Å². The molecule has 13 nitrogen and oxygen atoms in total. The summed E-state index contributed by atoms with van der Waals surface area (Å²) in [5.74, 6) is -1.09. The minimum atomic E-state index is -5.10. The number of ether oxygens (including phenoxy) is 2. The van der Waals surface area contributed by atoms with Gasteiger partial charge < -0.3 is 39.9 Å². The van der Waals surface area contributed by atoms with Gasteiger partial charge in [-0.3, -0.25) is 18.6 Å². The topological polar surface area (TPSA) is 210 Å². The van der Waals surface area contributed by atoms with Crippen molar-refractivity contribution in [3.8, 4) is 0 Å². The third-order valence-corrected chi connectivity index (χ3v) is 11.2. The van der Waals surface area contributed by atoms with Crippen LogP contribution in [0.3, 0.4) is 0 Å². The number of aliphatic hydroxyl groups is 5. The number of aliphatic hydroxyl groups excluding tert-OH is 5. The third kappa shape index (κ3) is 24.5. The SMILES string of the molecule is CCCCCCCCCCCCCCCCCCC(=O)OC[C@H](COP(=O)(O)OC1C(O)C(O)C(O)[C@@H](O)C1O)OC(=O)CCCCCCCCCCC. The first-order chi connectivity index (χ1) is 25.9. The molecule has 0 saturated heterocycles. The molecule has 0 spiro atoms. The smallest absolute Gasteiger partial charge is 0.462 e. The number of carbonyl (C=O) groups is 2. The van der Waals surface area contributed by atoms with Crippen LogP contribution in [0.25, 0.3) is 0 Å². The summed E-state index contributed by atoms with van der Waals surface area (Å²) in [6, 6.07) is 0. The molecule has 0 aromatic heterocycles. The van der Waals surface area contributed by atoms with Crippen LogP contribution >= 0.6 is 7.82 Å². The maximum atomic E-state index is 12.7.